The lowest BCUT2D eigenvalue weighted by molar-refractivity contribution is -0.131. The Bertz CT molecular complexity index is 520. The molecule has 1 unspecified atom stereocenters. The van der Waals surface area contributed by atoms with Crippen molar-refractivity contribution in [2.45, 2.75) is 31.9 Å². The van der Waals surface area contributed by atoms with Gasteiger partial charge in [-0.05, 0) is 38.0 Å². The number of carboxylic acid groups (broad SMARTS) is 1. The lowest BCUT2D eigenvalue weighted by atomic mass is 10.3. The highest BCUT2D eigenvalue weighted by atomic mass is 16.5. The maximum absolute atomic E-state index is 11.7. The molecule has 106 valence electrons. The molecule has 0 radical (unpaired) electrons. The van der Waals surface area contributed by atoms with Gasteiger partial charge in [0, 0.05) is 12.1 Å². The number of amides is 1. The summed E-state index contributed by atoms with van der Waals surface area (Å²) in [5.41, 5.74) is 0.509. The Morgan fingerprint density at radius 3 is 2.80 bits per heavy atom. The molecule has 1 aliphatic carbocycles. The van der Waals surface area contributed by atoms with Crippen LogP contribution in [0.2, 0.25) is 0 Å². The number of carboxylic acids is 1. The van der Waals surface area contributed by atoms with Crippen LogP contribution < -0.4 is 10.1 Å². The van der Waals surface area contributed by atoms with Gasteiger partial charge < -0.3 is 15.2 Å². The van der Waals surface area contributed by atoms with Gasteiger partial charge >= 0.3 is 5.97 Å². The molecule has 0 spiro atoms. The SMILES string of the molecule is CC(Oc1ccc(C=CC(=O)O)nc1)C(=O)NC1CC1. The highest BCUT2D eigenvalue weighted by Gasteiger charge is 2.26. The van der Waals surface area contributed by atoms with Crippen LogP contribution in [-0.4, -0.2) is 34.1 Å². The molecule has 1 aliphatic rings. The lowest BCUT2D eigenvalue weighted by Crippen LogP contribution is -2.37. The lowest BCUT2D eigenvalue weighted by Gasteiger charge is -2.14. The van der Waals surface area contributed by atoms with Gasteiger partial charge in [-0.25, -0.2) is 4.79 Å². The number of hydrogen-bond donors (Lipinski definition) is 2. The summed E-state index contributed by atoms with van der Waals surface area (Å²) < 4.78 is 5.47. The second-order valence-electron chi connectivity index (χ2n) is 4.63. The molecule has 2 rings (SSSR count). The number of nitrogens with one attached hydrogen (secondary N) is 1. The summed E-state index contributed by atoms with van der Waals surface area (Å²) in [6.45, 7) is 1.68. The number of hydrogen-bond acceptors (Lipinski definition) is 4. The third-order valence-electron chi connectivity index (χ3n) is 2.76. The number of carbonyl (C=O) groups is 2. The molecule has 0 bridgehead atoms. The van der Waals surface area contributed by atoms with Crippen LogP contribution in [0.25, 0.3) is 6.08 Å². The van der Waals surface area contributed by atoms with E-state index in [1.807, 2.05) is 0 Å². The van der Waals surface area contributed by atoms with E-state index in [0.717, 1.165) is 18.9 Å². The number of aromatic nitrogens is 1. The van der Waals surface area contributed by atoms with Gasteiger partial charge in [-0.15, -0.1) is 0 Å². The second kappa shape index (κ2) is 6.18. The molecule has 1 atom stereocenters. The second-order valence-corrected chi connectivity index (χ2v) is 4.63. The third-order valence-corrected chi connectivity index (χ3v) is 2.76. The molecule has 6 heteroatoms. The number of nitrogens with zero attached hydrogens (tertiary/aromatic N) is 1. The number of rotatable bonds is 6. The van der Waals surface area contributed by atoms with E-state index in [2.05, 4.69) is 10.3 Å². The van der Waals surface area contributed by atoms with Crippen molar-refractivity contribution in [1.82, 2.24) is 10.3 Å². The number of aliphatic carboxylic acids is 1. The van der Waals surface area contributed by atoms with E-state index < -0.39 is 12.1 Å². The standard InChI is InChI=1S/C14H16N2O4/c1-9(14(19)16-11-2-3-11)20-12-6-4-10(15-8-12)5-7-13(17)18/h4-9,11H,2-3H2,1H3,(H,16,19)(H,17,18). The average molecular weight is 276 g/mol. The van der Waals surface area contributed by atoms with E-state index in [1.165, 1.54) is 12.3 Å². The zero-order chi connectivity index (χ0) is 14.5. The van der Waals surface area contributed by atoms with Crippen molar-refractivity contribution in [3.63, 3.8) is 0 Å². The Hall–Kier alpha value is -2.37. The van der Waals surface area contributed by atoms with Crippen molar-refractivity contribution in [1.29, 1.82) is 0 Å². The smallest absolute Gasteiger partial charge is 0.328 e. The molecule has 1 heterocycles. The molecule has 2 N–H and O–H groups in total. The van der Waals surface area contributed by atoms with Gasteiger partial charge in [-0.3, -0.25) is 9.78 Å². The van der Waals surface area contributed by atoms with E-state index in [4.69, 9.17) is 9.84 Å². The van der Waals surface area contributed by atoms with E-state index in [-0.39, 0.29) is 5.91 Å². The number of ether oxygens (including phenoxy) is 1. The first kappa shape index (κ1) is 14.0. The van der Waals surface area contributed by atoms with E-state index in [0.29, 0.717) is 17.5 Å². The molecule has 1 fully saturated rings. The van der Waals surface area contributed by atoms with Crippen LogP contribution >= 0.6 is 0 Å². The molecule has 0 aromatic carbocycles. The van der Waals surface area contributed by atoms with E-state index in [1.54, 1.807) is 19.1 Å². The van der Waals surface area contributed by atoms with Crippen LogP contribution in [0.1, 0.15) is 25.5 Å². The maximum Gasteiger partial charge on any atom is 0.328 e. The normalized spacial score (nSPS) is 15.8. The van der Waals surface area contributed by atoms with Crippen LogP contribution in [0.15, 0.2) is 24.4 Å². The summed E-state index contributed by atoms with van der Waals surface area (Å²) >= 11 is 0. The van der Waals surface area contributed by atoms with Gasteiger partial charge in [0.2, 0.25) is 0 Å². The molecule has 0 aliphatic heterocycles. The summed E-state index contributed by atoms with van der Waals surface area (Å²) in [5, 5.41) is 11.4. The van der Waals surface area contributed by atoms with E-state index in [9.17, 15) is 9.59 Å². The summed E-state index contributed by atoms with van der Waals surface area (Å²) in [6.07, 6.45) is 5.33. The molecule has 1 amide bonds. The highest BCUT2D eigenvalue weighted by Crippen LogP contribution is 2.19. The minimum absolute atomic E-state index is 0.137. The van der Waals surface area contributed by atoms with Gasteiger partial charge in [0.15, 0.2) is 6.10 Å². The number of carbonyl (C=O) groups excluding carboxylic acids is 1. The summed E-state index contributed by atoms with van der Waals surface area (Å²) in [4.78, 5) is 26.1. The zero-order valence-corrected chi connectivity index (χ0v) is 11.1. The summed E-state index contributed by atoms with van der Waals surface area (Å²) in [6, 6.07) is 3.57. The summed E-state index contributed by atoms with van der Waals surface area (Å²) in [5.74, 6) is -0.698. The first-order valence-electron chi connectivity index (χ1n) is 6.38. The third kappa shape index (κ3) is 4.38. The van der Waals surface area contributed by atoms with Crippen molar-refractivity contribution in [2.75, 3.05) is 0 Å². The van der Waals surface area contributed by atoms with Crippen molar-refractivity contribution < 1.29 is 19.4 Å². The van der Waals surface area contributed by atoms with Gasteiger partial charge in [-0.2, -0.15) is 0 Å². The minimum Gasteiger partial charge on any atom is -0.479 e. The molecule has 0 saturated heterocycles. The number of pyridine rings is 1. The molecular weight excluding hydrogens is 260 g/mol. The Balaban J connectivity index is 1.89. The van der Waals surface area contributed by atoms with Crippen molar-refractivity contribution >= 4 is 18.0 Å². The topological polar surface area (TPSA) is 88.5 Å². The predicted octanol–water partition coefficient (Wildman–Crippen LogP) is 1.23. The van der Waals surface area contributed by atoms with Crippen LogP contribution in [0, 0.1) is 0 Å². The minimum atomic E-state index is -1.03. The van der Waals surface area contributed by atoms with Gasteiger partial charge in [0.05, 0.1) is 11.9 Å². The van der Waals surface area contributed by atoms with Crippen LogP contribution in [0.5, 0.6) is 5.75 Å². The fraction of sp³-hybridized carbons (Fsp3) is 0.357. The zero-order valence-electron chi connectivity index (χ0n) is 11.1. The van der Waals surface area contributed by atoms with Crippen molar-refractivity contribution in [3.8, 4) is 5.75 Å². The van der Waals surface area contributed by atoms with Crippen LogP contribution in [0.3, 0.4) is 0 Å². The Labute approximate surface area is 116 Å². The monoisotopic (exact) mass is 276 g/mol. The molecule has 20 heavy (non-hydrogen) atoms. The Morgan fingerprint density at radius 1 is 1.50 bits per heavy atom. The average Bonchev–Trinajstić information content (AvgIpc) is 3.21. The quantitative estimate of drug-likeness (QED) is 0.763. The molecule has 1 saturated carbocycles. The van der Waals surface area contributed by atoms with Gasteiger partial charge in [0.25, 0.3) is 5.91 Å². The Morgan fingerprint density at radius 2 is 2.25 bits per heavy atom. The predicted molar refractivity (Wildman–Crippen MR) is 72.2 cm³/mol. The van der Waals surface area contributed by atoms with Crippen molar-refractivity contribution in [3.05, 3.63) is 30.1 Å². The van der Waals surface area contributed by atoms with Gasteiger partial charge in [-0.1, -0.05) is 0 Å². The molecule has 6 nitrogen and oxygen atoms in total. The first-order valence-corrected chi connectivity index (χ1v) is 6.38. The highest BCUT2D eigenvalue weighted by molar-refractivity contribution is 5.84. The first-order chi connectivity index (χ1) is 9.54. The molecular formula is C14H16N2O4. The fourth-order valence-corrected chi connectivity index (χ4v) is 1.52. The Kier molecular flexibility index (Phi) is 4.34. The fourth-order valence-electron chi connectivity index (χ4n) is 1.52. The van der Waals surface area contributed by atoms with Crippen molar-refractivity contribution in [2.24, 2.45) is 0 Å². The van der Waals surface area contributed by atoms with Gasteiger partial charge in [0.1, 0.15) is 5.75 Å². The molecule has 1 aromatic rings. The van der Waals surface area contributed by atoms with Crippen LogP contribution in [-0.2, 0) is 9.59 Å². The molecule has 1 aromatic heterocycles. The maximum atomic E-state index is 11.7. The van der Waals surface area contributed by atoms with Crippen LogP contribution in [0.4, 0.5) is 0 Å². The summed E-state index contributed by atoms with van der Waals surface area (Å²) in [7, 11) is 0. The largest absolute Gasteiger partial charge is 0.479 e. The van der Waals surface area contributed by atoms with E-state index >= 15 is 0 Å².